The molecule has 6 nitrogen and oxygen atoms in total. The van der Waals surface area contributed by atoms with Crippen LogP contribution in [0.4, 0.5) is 0 Å². The van der Waals surface area contributed by atoms with E-state index in [1.54, 1.807) is 6.92 Å². The average Bonchev–Trinajstić information content (AvgIpc) is 2.85. The van der Waals surface area contributed by atoms with E-state index in [1.807, 2.05) is 27.7 Å². The molecule has 124 valence electrons. The van der Waals surface area contributed by atoms with Crippen molar-refractivity contribution in [1.29, 1.82) is 0 Å². The first-order valence-corrected chi connectivity index (χ1v) is 7.70. The minimum absolute atomic E-state index is 0.0356. The fraction of sp³-hybridized carbons (Fsp3) is 0.800. The normalized spacial score (nSPS) is 16.3. The molecule has 0 aromatic rings. The van der Waals surface area contributed by atoms with E-state index in [-0.39, 0.29) is 24.7 Å². The first-order chi connectivity index (χ1) is 10.0. The van der Waals surface area contributed by atoms with Gasteiger partial charge in [-0.1, -0.05) is 27.7 Å². The number of likely N-dealkylation sites (tertiary alicyclic amines) is 1. The molecule has 0 aromatic carbocycles. The van der Waals surface area contributed by atoms with Crippen molar-refractivity contribution < 1.29 is 24.2 Å². The summed E-state index contributed by atoms with van der Waals surface area (Å²) in [5.41, 5.74) is 0. The fourth-order valence-electron chi connectivity index (χ4n) is 1.83. The van der Waals surface area contributed by atoms with Crippen molar-refractivity contribution in [2.24, 2.45) is 5.92 Å². The van der Waals surface area contributed by atoms with Gasteiger partial charge in [0.25, 0.3) is 0 Å². The summed E-state index contributed by atoms with van der Waals surface area (Å²) in [5, 5.41) is 8.49. The molecule has 1 unspecified atom stereocenters. The SMILES string of the molecule is CC.CC.CCOC(=O)C1CC(=O)N(CCCC(=O)O)C1. The van der Waals surface area contributed by atoms with Gasteiger partial charge in [-0.05, 0) is 13.3 Å². The van der Waals surface area contributed by atoms with Crippen LogP contribution in [-0.2, 0) is 19.1 Å². The highest BCUT2D eigenvalue weighted by Gasteiger charge is 2.34. The summed E-state index contributed by atoms with van der Waals surface area (Å²) in [6.07, 6.45) is 0.621. The van der Waals surface area contributed by atoms with Gasteiger partial charge in [0.05, 0.1) is 12.5 Å². The van der Waals surface area contributed by atoms with Crippen LogP contribution in [0.15, 0.2) is 0 Å². The molecule has 0 saturated carbocycles. The lowest BCUT2D eigenvalue weighted by Gasteiger charge is -2.15. The number of hydrogen-bond donors (Lipinski definition) is 1. The number of carbonyl (C=O) groups excluding carboxylic acids is 2. The maximum Gasteiger partial charge on any atom is 0.311 e. The van der Waals surface area contributed by atoms with E-state index in [2.05, 4.69) is 0 Å². The zero-order chi connectivity index (χ0) is 16.8. The number of hydrogen-bond acceptors (Lipinski definition) is 4. The van der Waals surface area contributed by atoms with Crippen LogP contribution in [0.25, 0.3) is 0 Å². The van der Waals surface area contributed by atoms with Gasteiger partial charge in [0, 0.05) is 25.9 Å². The maximum absolute atomic E-state index is 11.5. The second-order valence-corrected chi connectivity index (χ2v) is 3.99. The van der Waals surface area contributed by atoms with Gasteiger partial charge in [-0.15, -0.1) is 0 Å². The molecular formula is C15H29NO5. The molecule has 1 heterocycles. The number of aliphatic carboxylic acids is 1. The Kier molecular flexibility index (Phi) is 13.8. The third-order valence-electron chi connectivity index (χ3n) is 2.65. The summed E-state index contributed by atoms with van der Waals surface area (Å²) in [7, 11) is 0. The second kappa shape index (κ2) is 13.4. The van der Waals surface area contributed by atoms with Gasteiger partial charge in [-0.2, -0.15) is 0 Å². The molecule has 0 radical (unpaired) electrons. The largest absolute Gasteiger partial charge is 0.481 e. The molecule has 1 saturated heterocycles. The van der Waals surface area contributed by atoms with Crippen molar-refractivity contribution >= 4 is 17.8 Å². The Hall–Kier alpha value is -1.59. The number of carboxylic acids is 1. The summed E-state index contributed by atoms with van der Waals surface area (Å²) >= 11 is 0. The Morgan fingerprint density at radius 1 is 1.29 bits per heavy atom. The van der Waals surface area contributed by atoms with E-state index < -0.39 is 11.9 Å². The van der Waals surface area contributed by atoms with Crippen molar-refractivity contribution in [3.63, 3.8) is 0 Å². The summed E-state index contributed by atoms with van der Waals surface area (Å²) < 4.78 is 4.85. The lowest BCUT2D eigenvalue weighted by Crippen LogP contribution is -2.28. The molecule has 0 spiro atoms. The van der Waals surface area contributed by atoms with Crippen molar-refractivity contribution in [2.75, 3.05) is 19.7 Å². The van der Waals surface area contributed by atoms with Crippen LogP contribution < -0.4 is 0 Å². The van der Waals surface area contributed by atoms with Crippen molar-refractivity contribution in [3.8, 4) is 0 Å². The molecule has 1 atom stereocenters. The zero-order valence-electron chi connectivity index (χ0n) is 13.8. The van der Waals surface area contributed by atoms with Gasteiger partial charge < -0.3 is 14.7 Å². The molecule has 1 fully saturated rings. The van der Waals surface area contributed by atoms with E-state index in [0.29, 0.717) is 26.1 Å². The minimum Gasteiger partial charge on any atom is -0.481 e. The van der Waals surface area contributed by atoms with Crippen LogP contribution >= 0.6 is 0 Å². The molecule has 1 rings (SSSR count). The van der Waals surface area contributed by atoms with E-state index in [0.717, 1.165) is 0 Å². The first kappa shape index (κ1) is 21.7. The maximum atomic E-state index is 11.5. The molecule has 0 aromatic heterocycles. The fourth-order valence-corrected chi connectivity index (χ4v) is 1.83. The summed E-state index contributed by atoms with van der Waals surface area (Å²) in [6.45, 7) is 10.8. The topological polar surface area (TPSA) is 83.9 Å². The Balaban J connectivity index is 0. The van der Waals surface area contributed by atoms with Crippen molar-refractivity contribution in [3.05, 3.63) is 0 Å². The van der Waals surface area contributed by atoms with Crippen LogP contribution in [0.3, 0.4) is 0 Å². The van der Waals surface area contributed by atoms with E-state index in [9.17, 15) is 14.4 Å². The average molecular weight is 303 g/mol. The number of nitrogens with zero attached hydrogens (tertiary/aromatic N) is 1. The van der Waals surface area contributed by atoms with E-state index >= 15 is 0 Å². The minimum atomic E-state index is -0.876. The monoisotopic (exact) mass is 303 g/mol. The lowest BCUT2D eigenvalue weighted by atomic mass is 10.1. The standard InChI is InChI=1S/C11H17NO5.2C2H6/c1-2-17-11(16)8-6-9(13)12(7-8)5-3-4-10(14)15;2*1-2/h8H,2-7H2,1H3,(H,14,15);2*1-2H3. The number of ether oxygens (including phenoxy) is 1. The number of rotatable bonds is 6. The molecule has 1 N–H and O–H groups in total. The Morgan fingerprint density at radius 3 is 2.33 bits per heavy atom. The van der Waals surface area contributed by atoms with Gasteiger partial charge in [-0.25, -0.2) is 0 Å². The van der Waals surface area contributed by atoms with Crippen LogP contribution in [-0.4, -0.2) is 47.5 Å². The Labute approximate surface area is 127 Å². The third kappa shape index (κ3) is 9.05. The number of carboxylic acid groups (broad SMARTS) is 1. The lowest BCUT2D eigenvalue weighted by molar-refractivity contribution is -0.147. The van der Waals surface area contributed by atoms with Gasteiger partial charge in [0.2, 0.25) is 5.91 Å². The number of esters is 1. The van der Waals surface area contributed by atoms with Crippen molar-refractivity contribution in [1.82, 2.24) is 4.90 Å². The second-order valence-electron chi connectivity index (χ2n) is 3.99. The molecule has 21 heavy (non-hydrogen) atoms. The van der Waals surface area contributed by atoms with Gasteiger partial charge >= 0.3 is 11.9 Å². The zero-order valence-corrected chi connectivity index (χ0v) is 13.8. The van der Waals surface area contributed by atoms with E-state index in [1.165, 1.54) is 4.90 Å². The van der Waals surface area contributed by atoms with Crippen LogP contribution in [0.2, 0.25) is 0 Å². The molecular weight excluding hydrogens is 274 g/mol. The first-order valence-electron chi connectivity index (χ1n) is 7.70. The van der Waals surface area contributed by atoms with E-state index in [4.69, 9.17) is 9.84 Å². The molecule has 1 aliphatic rings. The number of amides is 1. The molecule has 1 amide bonds. The summed E-state index contributed by atoms with van der Waals surface area (Å²) in [4.78, 5) is 34.8. The number of carbonyl (C=O) groups is 3. The quantitative estimate of drug-likeness (QED) is 0.761. The van der Waals surface area contributed by atoms with Crippen molar-refractivity contribution in [2.45, 2.75) is 53.9 Å². The van der Waals surface area contributed by atoms with Gasteiger partial charge in [0.15, 0.2) is 0 Å². The van der Waals surface area contributed by atoms with Gasteiger partial charge in [0.1, 0.15) is 0 Å². The highest BCUT2D eigenvalue weighted by atomic mass is 16.5. The Bertz CT molecular complexity index is 317. The third-order valence-corrected chi connectivity index (χ3v) is 2.65. The summed E-state index contributed by atoms with van der Waals surface area (Å²) in [5.74, 6) is -1.72. The van der Waals surface area contributed by atoms with Gasteiger partial charge in [-0.3, -0.25) is 14.4 Å². The highest BCUT2D eigenvalue weighted by Crippen LogP contribution is 2.19. The Morgan fingerprint density at radius 2 is 1.86 bits per heavy atom. The molecule has 0 aliphatic carbocycles. The highest BCUT2D eigenvalue weighted by molar-refractivity contribution is 5.86. The molecule has 1 aliphatic heterocycles. The summed E-state index contributed by atoms with van der Waals surface area (Å²) in [6, 6.07) is 0. The van der Waals surface area contributed by atoms with Crippen LogP contribution in [0.1, 0.15) is 53.9 Å². The smallest absolute Gasteiger partial charge is 0.311 e. The van der Waals surface area contributed by atoms with Crippen LogP contribution in [0, 0.1) is 5.92 Å². The van der Waals surface area contributed by atoms with Crippen LogP contribution in [0.5, 0.6) is 0 Å². The predicted octanol–water partition coefficient (Wildman–Crippen LogP) is 2.32. The molecule has 6 heteroatoms. The predicted molar refractivity (Wildman–Crippen MR) is 80.9 cm³/mol. The molecule has 0 bridgehead atoms.